The molecule has 0 aromatic heterocycles. The van der Waals surface area contributed by atoms with Gasteiger partial charge in [0.15, 0.2) is 12.4 Å². The van der Waals surface area contributed by atoms with Crippen LogP contribution in [0.1, 0.15) is 168 Å². The van der Waals surface area contributed by atoms with Crippen LogP contribution in [0.5, 0.6) is 0 Å². The highest BCUT2D eigenvalue weighted by Gasteiger charge is 2.46. The largest absolute Gasteiger partial charge is 0.462 e. The first-order valence-corrected chi connectivity index (χ1v) is 23.2. The van der Waals surface area contributed by atoms with Crippen molar-refractivity contribution in [2.24, 2.45) is 0 Å². The van der Waals surface area contributed by atoms with Crippen molar-refractivity contribution in [2.75, 3.05) is 19.0 Å². The number of carbonyl (C=O) groups excluding carboxylic acids is 2. The smallest absolute Gasteiger partial charge is 0.306 e. The van der Waals surface area contributed by atoms with Crippen molar-refractivity contribution in [1.82, 2.24) is 0 Å². The first-order chi connectivity index (χ1) is 27.0. The summed E-state index contributed by atoms with van der Waals surface area (Å²) in [5, 5.41) is 30.8. The molecule has 0 aromatic rings. The van der Waals surface area contributed by atoms with E-state index in [4.69, 9.17) is 18.9 Å². The van der Waals surface area contributed by atoms with Crippen molar-refractivity contribution in [2.45, 2.75) is 205 Å². The van der Waals surface area contributed by atoms with Gasteiger partial charge in [-0.1, -0.05) is 127 Å². The summed E-state index contributed by atoms with van der Waals surface area (Å²) in [7, 11) is -4.60. The Morgan fingerprint density at radius 3 is 1.66 bits per heavy atom. The summed E-state index contributed by atoms with van der Waals surface area (Å²) in [5.74, 6) is -2.01. The number of unbranched alkanes of at least 4 members (excludes halogenated alkanes) is 17. The molecule has 6 unspecified atom stereocenters. The number of carbonyl (C=O) groups is 2. The van der Waals surface area contributed by atoms with Crippen LogP contribution in [-0.2, 0) is 38.7 Å². The van der Waals surface area contributed by atoms with E-state index in [0.29, 0.717) is 12.8 Å². The molecule has 326 valence electrons. The van der Waals surface area contributed by atoms with Crippen LogP contribution in [0.25, 0.3) is 0 Å². The molecule has 0 amide bonds. The molecule has 1 fully saturated rings. The van der Waals surface area contributed by atoms with Crippen molar-refractivity contribution in [3.8, 4) is 0 Å². The highest BCUT2D eigenvalue weighted by atomic mass is 32.2. The normalized spacial score (nSPS) is 21.0. The van der Waals surface area contributed by atoms with E-state index < -0.39 is 71.2 Å². The zero-order chi connectivity index (χ0) is 41.3. The fraction of sp³-hybridized carbons (Fsp3) is 0.814. The lowest BCUT2D eigenvalue weighted by molar-refractivity contribution is -0.297. The Bertz CT molecular complexity index is 1190. The van der Waals surface area contributed by atoms with Crippen molar-refractivity contribution < 1.29 is 56.8 Å². The SMILES string of the molecule is CCC/C=C\CCCCCCCC(=O)OCC(COC1OC(CS(=O)(=O)O)C(O)C(O)C1O)OC(=O)CCCCCCCCC/C=C\C/C=C\CCCCCC. The number of rotatable bonds is 35. The van der Waals surface area contributed by atoms with E-state index in [1.807, 2.05) is 0 Å². The van der Waals surface area contributed by atoms with Gasteiger partial charge in [0.1, 0.15) is 36.8 Å². The lowest BCUT2D eigenvalue weighted by Gasteiger charge is -2.40. The topological polar surface area (TPSA) is 186 Å². The Hall–Kier alpha value is -2.13. The maximum absolute atomic E-state index is 12.8. The second kappa shape index (κ2) is 33.8. The minimum absolute atomic E-state index is 0.153. The second-order valence-electron chi connectivity index (χ2n) is 15.0. The number of esters is 2. The van der Waals surface area contributed by atoms with E-state index in [2.05, 4.69) is 50.3 Å². The highest BCUT2D eigenvalue weighted by molar-refractivity contribution is 7.85. The molecule has 1 heterocycles. The molecular formula is C43H76O12S. The van der Waals surface area contributed by atoms with Crippen LogP contribution in [0.4, 0.5) is 0 Å². The summed E-state index contributed by atoms with van der Waals surface area (Å²) < 4.78 is 53.9. The molecule has 0 aliphatic carbocycles. The Balaban J connectivity index is 2.46. The Morgan fingerprint density at radius 1 is 0.607 bits per heavy atom. The van der Waals surface area contributed by atoms with Crippen LogP contribution in [-0.4, -0.2) is 96.0 Å². The molecular weight excluding hydrogens is 741 g/mol. The van der Waals surface area contributed by atoms with Gasteiger partial charge in [-0.05, 0) is 64.2 Å². The maximum Gasteiger partial charge on any atom is 0.306 e. The predicted molar refractivity (Wildman–Crippen MR) is 219 cm³/mol. The van der Waals surface area contributed by atoms with Gasteiger partial charge in [-0.2, -0.15) is 8.42 Å². The molecule has 4 N–H and O–H groups in total. The third-order valence-electron chi connectivity index (χ3n) is 9.67. The van der Waals surface area contributed by atoms with E-state index in [0.717, 1.165) is 83.5 Å². The Labute approximate surface area is 338 Å². The summed E-state index contributed by atoms with van der Waals surface area (Å²) in [6, 6.07) is 0. The minimum Gasteiger partial charge on any atom is -0.462 e. The molecule has 1 saturated heterocycles. The molecule has 12 nitrogen and oxygen atoms in total. The van der Waals surface area contributed by atoms with E-state index in [1.165, 1.54) is 44.9 Å². The fourth-order valence-electron chi connectivity index (χ4n) is 6.30. The van der Waals surface area contributed by atoms with Gasteiger partial charge in [0.25, 0.3) is 10.1 Å². The molecule has 0 spiro atoms. The van der Waals surface area contributed by atoms with Gasteiger partial charge < -0.3 is 34.3 Å². The zero-order valence-corrected chi connectivity index (χ0v) is 35.3. The van der Waals surface area contributed by atoms with Crippen LogP contribution in [0.2, 0.25) is 0 Å². The molecule has 0 bridgehead atoms. The quantitative estimate of drug-likeness (QED) is 0.0208. The zero-order valence-electron chi connectivity index (χ0n) is 34.5. The first-order valence-electron chi connectivity index (χ1n) is 21.5. The molecule has 6 atom stereocenters. The fourth-order valence-corrected chi connectivity index (χ4v) is 6.99. The van der Waals surface area contributed by atoms with Crippen molar-refractivity contribution >= 4 is 22.1 Å². The van der Waals surface area contributed by atoms with Gasteiger partial charge in [-0.25, -0.2) is 0 Å². The number of hydrogen-bond acceptors (Lipinski definition) is 11. The van der Waals surface area contributed by atoms with Crippen molar-refractivity contribution in [3.63, 3.8) is 0 Å². The number of ether oxygens (including phenoxy) is 4. The molecule has 56 heavy (non-hydrogen) atoms. The summed E-state index contributed by atoms with van der Waals surface area (Å²) in [6.45, 7) is 3.65. The van der Waals surface area contributed by atoms with Gasteiger partial charge in [-0.15, -0.1) is 0 Å². The third kappa shape index (κ3) is 28.3. The van der Waals surface area contributed by atoms with E-state index in [1.54, 1.807) is 0 Å². The molecule has 0 saturated carbocycles. The van der Waals surface area contributed by atoms with E-state index >= 15 is 0 Å². The van der Waals surface area contributed by atoms with Gasteiger partial charge in [-0.3, -0.25) is 14.1 Å². The van der Waals surface area contributed by atoms with Gasteiger partial charge >= 0.3 is 11.9 Å². The lowest BCUT2D eigenvalue weighted by Crippen LogP contribution is -2.60. The van der Waals surface area contributed by atoms with Crippen LogP contribution >= 0.6 is 0 Å². The third-order valence-corrected chi connectivity index (χ3v) is 10.4. The standard InChI is InChI=1S/C43H76O12S/c1-3-5-7-9-11-13-15-16-17-18-19-20-21-22-24-26-28-30-32-39(45)54-36(33-52-38(44)31-29-27-25-23-14-12-10-8-6-4-2)34-53-43-42(48)41(47)40(46)37(55-43)35-56(49,50)51/h8,10,13,15,17-18,36-37,40-43,46-48H,3-7,9,11-12,14,16,19-35H2,1-2H3,(H,49,50,51)/b10-8-,15-13-,18-17-. The summed E-state index contributed by atoms with van der Waals surface area (Å²) >= 11 is 0. The van der Waals surface area contributed by atoms with Crippen LogP contribution in [0, 0.1) is 0 Å². The lowest BCUT2D eigenvalue weighted by atomic mass is 10.00. The summed E-state index contributed by atoms with van der Waals surface area (Å²) in [5.41, 5.74) is 0. The second-order valence-corrected chi connectivity index (χ2v) is 16.5. The average molecular weight is 817 g/mol. The Kier molecular flexibility index (Phi) is 31.3. The van der Waals surface area contributed by atoms with Crippen LogP contribution < -0.4 is 0 Å². The van der Waals surface area contributed by atoms with Gasteiger partial charge in [0.05, 0.1) is 6.61 Å². The highest BCUT2D eigenvalue weighted by Crippen LogP contribution is 2.24. The van der Waals surface area contributed by atoms with Crippen molar-refractivity contribution in [3.05, 3.63) is 36.5 Å². The number of aliphatic hydroxyl groups is 3. The summed E-state index contributed by atoms with van der Waals surface area (Å²) in [6.07, 6.45) is 27.7. The summed E-state index contributed by atoms with van der Waals surface area (Å²) in [4.78, 5) is 25.3. The molecule has 13 heteroatoms. The maximum atomic E-state index is 12.8. The molecule has 1 rings (SSSR count). The molecule has 1 aliphatic heterocycles. The molecule has 0 aromatic carbocycles. The first kappa shape index (κ1) is 51.9. The van der Waals surface area contributed by atoms with Crippen LogP contribution in [0.3, 0.4) is 0 Å². The van der Waals surface area contributed by atoms with E-state index in [-0.39, 0.29) is 19.4 Å². The number of hydrogen-bond donors (Lipinski definition) is 4. The predicted octanol–water partition coefficient (Wildman–Crippen LogP) is 8.22. The van der Waals surface area contributed by atoms with Gasteiger partial charge in [0.2, 0.25) is 0 Å². The monoisotopic (exact) mass is 817 g/mol. The van der Waals surface area contributed by atoms with Crippen LogP contribution in [0.15, 0.2) is 36.5 Å². The van der Waals surface area contributed by atoms with Crippen molar-refractivity contribution in [1.29, 1.82) is 0 Å². The Morgan fingerprint density at radius 2 is 1.11 bits per heavy atom. The van der Waals surface area contributed by atoms with Gasteiger partial charge in [0, 0.05) is 12.8 Å². The van der Waals surface area contributed by atoms with E-state index in [9.17, 15) is 37.9 Å². The molecule has 1 aliphatic rings. The number of allylic oxidation sites excluding steroid dienone is 6. The molecule has 0 radical (unpaired) electrons. The number of aliphatic hydroxyl groups excluding tert-OH is 3. The average Bonchev–Trinajstić information content (AvgIpc) is 3.16. The minimum atomic E-state index is -4.60.